The number of nitrogens with zero attached hydrogens (tertiary/aromatic N) is 1. The number of hydrogen-bond donors (Lipinski definition) is 0. The van der Waals surface area contributed by atoms with Gasteiger partial charge in [-0.3, -0.25) is 4.98 Å². The summed E-state index contributed by atoms with van der Waals surface area (Å²) >= 11 is 0. The van der Waals surface area contributed by atoms with Crippen LogP contribution >= 0.6 is 0 Å². The van der Waals surface area contributed by atoms with Crippen LogP contribution in [-0.2, 0) is 10.8 Å². The third-order valence-electron chi connectivity index (χ3n) is 11.8. The largest absolute Gasteiger partial charge is 0.256 e. The molecular weight excluding hydrogens is 603 g/mol. The standard InChI is InChI=1S/C49H37N/c1-48(2)43-12-8-7-11-38(43)39-22-19-34(28-44(39)48)35-20-23-41-40-21-18-33(27-45(40)49(3,4)46(41)29-35)30-13-15-32(16-14-30)47-42-24-17-31-9-5-6-10-36(31)37(42)25-26-50-47/h5-29H,1-4H3. The molecule has 1 heterocycles. The molecule has 8 aromatic rings. The van der Waals surface area contributed by atoms with E-state index in [0.29, 0.717) is 0 Å². The van der Waals surface area contributed by atoms with Gasteiger partial charge in [0.1, 0.15) is 0 Å². The molecule has 238 valence electrons. The van der Waals surface area contributed by atoms with E-state index in [9.17, 15) is 0 Å². The zero-order valence-electron chi connectivity index (χ0n) is 28.9. The molecule has 1 aromatic heterocycles. The van der Waals surface area contributed by atoms with Crippen LogP contribution in [0.2, 0.25) is 0 Å². The molecule has 0 bridgehead atoms. The van der Waals surface area contributed by atoms with E-state index in [-0.39, 0.29) is 10.8 Å². The number of fused-ring (bicyclic) bond motifs is 9. The van der Waals surface area contributed by atoms with Crippen molar-refractivity contribution in [1.82, 2.24) is 4.98 Å². The van der Waals surface area contributed by atoms with E-state index in [1.165, 1.54) is 88.3 Å². The van der Waals surface area contributed by atoms with E-state index < -0.39 is 0 Å². The van der Waals surface area contributed by atoms with Gasteiger partial charge in [0, 0.05) is 28.0 Å². The maximum atomic E-state index is 4.84. The Morgan fingerprint density at radius 2 is 0.860 bits per heavy atom. The first-order valence-corrected chi connectivity index (χ1v) is 17.7. The van der Waals surface area contributed by atoms with E-state index >= 15 is 0 Å². The van der Waals surface area contributed by atoms with Crippen molar-refractivity contribution in [3.05, 3.63) is 174 Å². The fourth-order valence-corrected chi connectivity index (χ4v) is 8.97. The highest BCUT2D eigenvalue weighted by atomic mass is 14.7. The highest BCUT2D eigenvalue weighted by Gasteiger charge is 2.37. The lowest BCUT2D eigenvalue weighted by molar-refractivity contribution is 0.659. The smallest absolute Gasteiger partial charge is 0.0780 e. The predicted octanol–water partition coefficient (Wildman–Crippen LogP) is 13.0. The summed E-state index contributed by atoms with van der Waals surface area (Å²) in [6, 6.07) is 54.2. The van der Waals surface area contributed by atoms with Crippen molar-refractivity contribution in [2.45, 2.75) is 38.5 Å². The molecule has 0 radical (unpaired) electrons. The highest BCUT2D eigenvalue weighted by molar-refractivity contribution is 6.11. The minimum absolute atomic E-state index is 0.0109. The molecule has 0 saturated heterocycles. The van der Waals surface area contributed by atoms with Gasteiger partial charge < -0.3 is 0 Å². The molecule has 0 saturated carbocycles. The maximum Gasteiger partial charge on any atom is 0.0780 e. The normalized spacial score (nSPS) is 14.7. The van der Waals surface area contributed by atoms with E-state index in [0.717, 1.165) is 11.3 Å². The zero-order valence-corrected chi connectivity index (χ0v) is 28.9. The van der Waals surface area contributed by atoms with Crippen molar-refractivity contribution >= 4 is 21.5 Å². The first-order chi connectivity index (χ1) is 24.3. The van der Waals surface area contributed by atoms with Gasteiger partial charge in [-0.05, 0) is 107 Å². The summed E-state index contributed by atoms with van der Waals surface area (Å²) in [5.41, 5.74) is 18.1. The molecule has 1 heteroatoms. The minimum atomic E-state index is -0.113. The van der Waals surface area contributed by atoms with Gasteiger partial charge in [0.15, 0.2) is 0 Å². The van der Waals surface area contributed by atoms with Gasteiger partial charge in [-0.25, -0.2) is 0 Å². The molecule has 0 atom stereocenters. The molecule has 50 heavy (non-hydrogen) atoms. The molecule has 0 aliphatic heterocycles. The lowest BCUT2D eigenvalue weighted by Gasteiger charge is -2.23. The molecule has 2 aliphatic rings. The molecule has 1 nitrogen and oxygen atoms in total. The van der Waals surface area contributed by atoms with Crippen molar-refractivity contribution in [1.29, 1.82) is 0 Å². The summed E-state index contributed by atoms with van der Waals surface area (Å²) in [5.74, 6) is 0. The predicted molar refractivity (Wildman–Crippen MR) is 211 cm³/mol. The average molecular weight is 640 g/mol. The Bertz CT molecular complexity index is 2690. The highest BCUT2D eigenvalue weighted by Crippen LogP contribution is 2.52. The van der Waals surface area contributed by atoms with Crippen LogP contribution in [0.25, 0.3) is 77.3 Å². The van der Waals surface area contributed by atoms with Crippen molar-refractivity contribution in [2.24, 2.45) is 0 Å². The van der Waals surface area contributed by atoms with E-state index in [1.807, 2.05) is 6.20 Å². The van der Waals surface area contributed by atoms with Crippen LogP contribution in [0.5, 0.6) is 0 Å². The summed E-state index contributed by atoms with van der Waals surface area (Å²) < 4.78 is 0. The fraction of sp³-hybridized carbons (Fsp3) is 0.122. The van der Waals surface area contributed by atoms with Crippen LogP contribution in [0.15, 0.2) is 152 Å². The molecule has 0 unspecified atom stereocenters. The van der Waals surface area contributed by atoms with Crippen molar-refractivity contribution < 1.29 is 0 Å². The van der Waals surface area contributed by atoms with Crippen LogP contribution in [0, 0.1) is 0 Å². The molecular formula is C49H37N. The molecule has 0 N–H and O–H groups in total. The Kier molecular flexibility index (Phi) is 6.04. The van der Waals surface area contributed by atoms with Gasteiger partial charge in [-0.2, -0.15) is 0 Å². The Morgan fingerprint density at radius 3 is 1.52 bits per heavy atom. The number of benzene rings is 7. The second-order valence-electron chi connectivity index (χ2n) is 15.2. The average Bonchev–Trinajstić information content (AvgIpc) is 3.53. The Balaban J connectivity index is 0.984. The maximum absolute atomic E-state index is 4.84. The van der Waals surface area contributed by atoms with E-state index in [1.54, 1.807) is 0 Å². The Morgan fingerprint density at radius 1 is 0.360 bits per heavy atom. The summed E-state index contributed by atoms with van der Waals surface area (Å²) in [4.78, 5) is 4.84. The number of pyridine rings is 1. The van der Waals surface area contributed by atoms with Gasteiger partial charge >= 0.3 is 0 Å². The first kappa shape index (κ1) is 29.2. The summed E-state index contributed by atoms with van der Waals surface area (Å²) in [6.45, 7) is 9.48. The molecule has 0 amide bonds. The second-order valence-corrected chi connectivity index (χ2v) is 15.2. The summed E-state index contributed by atoms with van der Waals surface area (Å²) in [7, 11) is 0. The van der Waals surface area contributed by atoms with Crippen LogP contribution in [0.3, 0.4) is 0 Å². The summed E-state index contributed by atoms with van der Waals surface area (Å²) in [6.07, 6.45) is 1.94. The quantitative estimate of drug-likeness (QED) is 0.175. The van der Waals surface area contributed by atoms with Gasteiger partial charge in [0.2, 0.25) is 0 Å². The number of rotatable bonds is 3. The topological polar surface area (TPSA) is 12.9 Å². The van der Waals surface area contributed by atoms with Crippen LogP contribution in [0.4, 0.5) is 0 Å². The zero-order chi connectivity index (χ0) is 33.8. The molecule has 2 aliphatic carbocycles. The number of hydrogen-bond acceptors (Lipinski definition) is 1. The fourth-order valence-electron chi connectivity index (χ4n) is 8.97. The molecule has 7 aromatic carbocycles. The SMILES string of the molecule is CC1(C)c2ccccc2-c2ccc(-c3ccc4c(c3)C(C)(C)c3cc(-c5ccc(-c6nccc7c6ccc6ccccc67)cc5)ccc3-4)cc21. The Labute approximate surface area is 293 Å². The lowest BCUT2D eigenvalue weighted by Crippen LogP contribution is -2.15. The third-order valence-corrected chi connectivity index (χ3v) is 11.8. The van der Waals surface area contributed by atoms with Crippen LogP contribution in [0.1, 0.15) is 49.9 Å². The molecule has 0 fully saturated rings. The van der Waals surface area contributed by atoms with Gasteiger partial charge in [-0.15, -0.1) is 0 Å². The van der Waals surface area contributed by atoms with Gasteiger partial charge in [0.25, 0.3) is 0 Å². The van der Waals surface area contributed by atoms with Gasteiger partial charge in [-0.1, -0.05) is 149 Å². The minimum Gasteiger partial charge on any atom is -0.256 e. The monoisotopic (exact) mass is 639 g/mol. The van der Waals surface area contributed by atoms with E-state index in [2.05, 4.69) is 173 Å². The molecule has 0 spiro atoms. The lowest BCUT2D eigenvalue weighted by atomic mass is 9.80. The van der Waals surface area contributed by atoms with E-state index in [4.69, 9.17) is 4.98 Å². The van der Waals surface area contributed by atoms with Crippen LogP contribution in [-0.4, -0.2) is 4.98 Å². The van der Waals surface area contributed by atoms with Crippen molar-refractivity contribution in [3.63, 3.8) is 0 Å². The molecule has 10 rings (SSSR count). The van der Waals surface area contributed by atoms with Crippen LogP contribution < -0.4 is 0 Å². The number of aromatic nitrogens is 1. The second kappa shape index (κ2) is 10.4. The summed E-state index contributed by atoms with van der Waals surface area (Å²) in [5, 5.41) is 4.95. The third kappa shape index (κ3) is 4.10. The van der Waals surface area contributed by atoms with Crippen molar-refractivity contribution in [2.75, 3.05) is 0 Å². The Hall–Kier alpha value is -5.79. The van der Waals surface area contributed by atoms with Crippen molar-refractivity contribution in [3.8, 4) is 55.8 Å². The first-order valence-electron chi connectivity index (χ1n) is 17.7. The van der Waals surface area contributed by atoms with Gasteiger partial charge in [0.05, 0.1) is 5.69 Å².